The van der Waals surface area contributed by atoms with Gasteiger partial charge in [-0.15, -0.1) is 0 Å². The zero-order chi connectivity index (χ0) is 13.1. The Hall–Kier alpha value is -1.81. The number of amides is 1. The van der Waals surface area contributed by atoms with E-state index in [2.05, 4.69) is 15.9 Å². The Balaban J connectivity index is 2.32. The van der Waals surface area contributed by atoms with Crippen molar-refractivity contribution in [3.8, 4) is 11.3 Å². The predicted molar refractivity (Wildman–Crippen MR) is 74.8 cm³/mol. The molecule has 0 aliphatic heterocycles. The van der Waals surface area contributed by atoms with Gasteiger partial charge in [0.1, 0.15) is 11.5 Å². The first kappa shape index (κ1) is 12.6. The number of furan rings is 1. The predicted octanol–water partition coefficient (Wildman–Crippen LogP) is 3.52. The Morgan fingerprint density at radius 2 is 2.11 bits per heavy atom. The standard InChI is InChI=1S/C14H12BrNO2/c1-9-2-5-11(12(15)8-9)13-6-3-10(18-13)4-7-14(16)17/h2-8H,1H3,(H2,16,17)/b7-4-. The third-order valence-corrected chi connectivity index (χ3v) is 3.08. The van der Waals surface area contributed by atoms with E-state index in [0.717, 1.165) is 15.8 Å². The van der Waals surface area contributed by atoms with Crippen molar-refractivity contribution < 1.29 is 9.21 Å². The molecule has 2 rings (SSSR count). The molecular formula is C14H12BrNO2. The third-order valence-electron chi connectivity index (χ3n) is 2.43. The van der Waals surface area contributed by atoms with Gasteiger partial charge in [-0.25, -0.2) is 0 Å². The van der Waals surface area contributed by atoms with Crippen LogP contribution in [-0.4, -0.2) is 5.91 Å². The summed E-state index contributed by atoms with van der Waals surface area (Å²) in [7, 11) is 0. The summed E-state index contributed by atoms with van der Waals surface area (Å²) in [6, 6.07) is 9.68. The van der Waals surface area contributed by atoms with Gasteiger partial charge in [0, 0.05) is 16.1 Å². The summed E-state index contributed by atoms with van der Waals surface area (Å²) in [5.74, 6) is 0.840. The Kier molecular flexibility index (Phi) is 3.67. The van der Waals surface area contributed by atoms with E-state index in [-0.39, 0.29) is 0 Å². The van der Waals surface area contributed by atoms with Crippen molar-refractivity contribution in [2.24, 2.45) is 5.73 Å². The zero-order valence-corrected chi connectivity index (χ0v) is 11.4. The first-order valence-electron chi connectivity index (χ1n) is 5.40. The highest BCUT2D eigenvalue weighted by Gasteiger charge is 2.07. The molecule has 0 saturated carbocycles. The number of carbonyl (C=O) groups excluding carboxylic acids is 1. The van der Waals surface area contributed by atoms with E-state index in [4.69, 9.17) is 10.2 Å². The molecule has 0 atom stereocenters. The fourth-order valence-corrected chi connectivity index (χ4v) is 2.26. The Bertz CT molecular complexity index is 614. The average molecular weight is 306 g/mol. The van der Waals surface area contributed by atoms with Crippen LogP contribution in [0.3, 0.4) is 0 Å². The lowest BCUT2D eigenvalue weighted by molar-refractivity contribution is -0.113. The van der Waals surface area contributed by atoms with E-state index in [1.807, 2.05) is 31.2 Å². The summed E-state index contributed by atoms with van der Waals surface area (Å²) < 4.78 is 6.59. The van der Waals surface area contributed by atoms with Crippen LogP contribution >= 0.6 is 15.9 Å². The summed E-state index contributed by atoms with van der Waals surface area (Å²) in [6.07, 6.45) is 2.82. The maximum absolute atomic E-state index is 10.6. The van der Waals surface area contributed by atoms with E-state index in [1.54, 1.807) is 12.1 Å². The highest BCUT2D eigenvalue weighted by Crippen LogP contribution is 2.30. The van der Waals surface area contributed by atoms with Gasteiger partial charge in [-0.3, -0.25) is 4.79 Å². The molecule has 0 unspecified atom stereocenters. The molecule has 1 aromatic carbocycles. The van der Waals surface area contributed by atoms with Gasteiger partial charge in [0.05, 0.1) is 0 Å². The van der Waals surface area contributed by atoms with Gasteiger partial charge in [-0.2, -0.15) is 0 Å². The molecule has 4 heteroatoms. The van der Waals surface area contributed by atoms with Crippen LogP contribution in [0.25, 0.3) is 17.4 Å². The van der Waals surface area contributed by atoms with Crippen LogP contribution in [0.2, 0.25) is 0 Å². The molecule has 0 bridgehead atoms. The monoisotopic (exact) mass is 305 g/mol. The van der Waals surface area contributed by atoms with E-state index >= 15 is 0 Å². The largest absolute Gasteiger partial charge is 0.457 e. The average Bonchev–Trinajstić information content (AvgIpc) is 2.75. The maximum atomic E-state index is 10.6. The Morgan fingerprint density at radius 3 is 2.78 bits per heavy atom. The van der Waals surface area contributed by atoms with Crippen molar-refractivity contribution in [1.29, 1.82) is 0 Å². The van der Waals surface area contributed by atoms with Crippen LogP contribution in [-0.2, 0) is 4.79 Å². The molecule has 18 heavy (non-hydrogen) atoms. The molecular weight excluding hydrogens is 294 g/mol. The van der Waals surface area contributed by atoms with Crippen LogP contribution in [0.15, 0.2) is 45.3 Å². The molecule has 1 amide bonds. The molecule has 1 aromatic heterocycles. The smallest absolute Gasteiger partial charge is 0.241 e. The highest BCUT2D eigenvalue weighted by molar-refractivity contribution is 9.10. The molecule has 0 radical (unpaired) electrons. The molecule has 2 N–H and O–H groups in total. The topological polar surface area (TPSA) is 56.2 Å². The lowest BCUT2D eigenvalue weighted by atomic mass is 10.1. The second kappa shape index (κ2) is 5.23. The summed E-state index contributed by atoms with van der Waals surface area (Å²) in [4.78, 5) is 10.6. The lowest BCUT2D eigenvalue weighted by Gasteiger charge is -2.01. The van der Waals surface area contributed by atoms with E-state index in [0.29, 0.717) is 5.76 Å². The number of hydrogen-bond donors (Lipinski definition) is 1. The molecule has 3 nitrogen and oxygen atoms in total. The number of aryl methyl sites for hydroxylation is 1. The summed E-state index contributed by atoms with van der Waals surface area (Å²) in [5, 5.41) is 0. The summed E-state index contributed by atoms with van der Waals surface area (Å²) >= 11 is 3.50. The Morgan fingerprint density at radius 1 is 1.33 bits per heavy atom. The van der Waals surface area contributed by atoms with Crippen molar-refractivity contribution in [2.75, 3.05) is 0 Å². The van der Waals surface area contributed by atoms with Gasteiger partial charge >= 0.3 is 0 Å². The maximum Gasteiger partial charge on any atom is 0.241 e. The molecule has 0 spiro atoms. The van der Waals surface area contributed by atoms with Gasteiger partial charge in [0.25, 0.3) is 0 Å². The van der Waals surface area contributed by atoms with Crippen molar-refractivity contribution in [3.05, 3.63) is 52.2 Å². The van der Waals surface area contributed by atoms with Crippen molar-refractivity contribution in [3.63, 3.8) is 0 Å². The number of hydrogen-bond acceptors (Lipinski definition) is 2. The van der Waals surface area contributed by atoms with Crippen LogP contribution in [0.4, 0.5) is 0 Å². The van der Waals surface area contributed by atoms with E-state index in [9.17, 15) is 4.79 Å². The molecule has 0 saturated heterocycles. The van der Waals surface area contributed by atoms with Crippen molar-refractivity contribution >= 4 is 27.9 Å². The summed E-state index contributed by atoms with van der Waals surface area (Å²) in [6.45, 7) is 2.03. The normalized spacial score (nSPS) is 11.0. The van der Waals surface area contributed by atoms with Crippen molar-refractivity contribution in [1.82, 2.24) is 0 Å². The van der Waals surface area contributed by atoms with Gasteiger partial charge in [-0.05, 0) is 42.8 Å². The van der Waals surface area contributed by atoms with Gasteiger partial charge in [0.2, 0.25) is 5.91 Å². The molecule has 92 valence electrons. The second-order valence-electron chi connectivity index (χ2n) is 3.92. The van der Waals surface area contributed by atoms with Crippen LogP contribution in [0.5, 0.6) is 0 Å². The number of carbonyl (C=O) groups is 1. The molecule has 0 aliphatic carbocycles. The number of nitrogens with two attached hydrogens (primary N) is 1. The van der Waals surface area contributed by atoms with Crippen LogP contribution < -0.4 is 5.73 Å². The minimum absolute atomic E-state index is 0.496. The molecule has 0 fully saturated rings. The van der Waals surface area contributed by atoms with Gasteiger partial charge in [0.15, 0.2) is 0 Å². The summed E-state index contributed by atoms with van der Waals surface area (Å²) in [5.41, 5.74) is 7.17. The molecule has 1 heterocycles. The first-order valence-corrected chi connectivity index (χ1v) is 6.19. The van der Waals surface area contributed by atoms with Gasteiger partial charge in [-0.1, -0.05) is 22.0 Å². The minimum atomic E-state index is -0.496. The van der Waals surface area contributed by atoms with Crippen molar-refractivity contribution in [2.45, 2.75) is 6.92 Å². The molecule has 2 aromatic rings. The minimum Gasteiger partial charge on any atom is -0.457 e. The number of benzene rings is 1. The second-order valence-corrected chi connectivity index (χ2v) is 4.78. The Labute approximate surface area is 113 Å². The number of rotatable bonds is 3. The number of halogens is 1. The van der Waals surface area contributed by atoms with Crippen LogP contribution in [0.1, 0.15) is 11.3 Å². The quantitative estimate of drug-likeness (QED) is 0.882. The SMILES string of the molecule is Cc1ccc(-c2ccc(/C=C\C(N)=O)o2)c(Br)c1. The highest BCUT2D eigenvalue weighted by atomic mass is 79.9. The number of primary amides is 1. The van der Waals surface area contributed by atoms with Crippen LogP contribution in [0, 0.1) is 6.92 Å². The fraction of sp³-hybridized carbons (Fsp3) is 0.0714. The fourth-order valence-electron chi connectivity index (χ4n) is 1.57. The van der Waals surface area contributed by atoms with E-state index < -0.39 is 5.91 Å². The van der Waals surface area contributed by atoms with E-state index in [1.165, 1.54) is 11.6 Å². The molecule has 0 aliphatic rings. The van der Waals surface area contributed by atoms with Gasteiger partial charge < -0.3 is 10.2 Å². The third kappa shape index (κ3) is 2.90. The zero-order valence-electron chi connectivity index (χ0n) is 9.81. The lowest BCUT2D eigenvalue weighted by Crippen LogP contribution is -2.04. The first-order chi connectivity index (χ1) is 8.56.